The Balaban J connectivity index is 1.49. The number of anilines is 2. The van der Waals surface area contributed by atoms with Crippen molar-refractivity contribution in [2.75, 3.05) is 24.4 Å². The van der Waals surface area contributed by atoms with Crippen molar-refractivity contribution < 1.29 is 19.1 Å². The summed E-state index contributed by atoms with van der Waals surface area (Å²) in [5.74, 6) is -0.308. The topological polar surface area (TPSA) is 124 Å². The summed E-state index contributed by atoms with van der Waals surface area (Å²) < 4.78 is 11.6. The third-order valence-electron chi connectivity index (χ3n) is 6.15. The number of aryl methyl sites for hydroxylation is 2. The van der Waals surface area contributed by atoms with Gasteiger partial charge >= 0.3 is 0 Å². The van der Waals surface area contributed by atoms with Gasteiger partial charge in [-0.05, 0) is 74.1 Å². The second-order valence-electron chi connectivity index (χ2n) is 8.88. The SMILES string of the molecule is COc1cc(/C=C(\C#N)C(=O)Nc2sc3c(c2C#N)CCCC3)c(Br)cc1OCC(=O)Nc1ccc(C)cc1. The highest BCUT2D eigenvalue weighted by Gasteiger charge is 2.23. The molecule has 1 aliphatic rings. The van der Waals surface area contributed by atoms with Gasteiger partial charge in [0.1, 0.15) is 22.7 Å². The first-order valence-corrected chi connectivity index (χ1v) is 13.8. The van der Waals surface area contributed by atoms with E-state index in [0.717, 1.165) is 41.7 Å². The molecule has 3 aromatic rings. The largest absolute Gasteiger partial charge is 0.493 e. The maximum Gasteiger partial charge on any atom is 0.266 e. The second kappa shape index (κ2) is 12.6. The van der Waals surface area contributed by atoms with E-state index in [9.17, 15) is 20.1 Å². The molecule has 4 rings (SSSR count). The quantitative estimate of drug-likeness (QED) is 0.235. The number of methoxy groups -OCH3 is 1. The second-order valence-corrected chi connectivity index (χ2v) is 10.8. The Hall–Kier alpha value is -4.12. The van der Waals surface area contributed by atoms with E-state index in [1.165, 1.54) is 24.5 Å². The number of hydrogen-bond donors (Lipinski definition) is 2. The Morgan fingerprint density at radius 1 is 1.10 bits per heavy atom. The molecule has 0 bridgehead atoms. The van der Waals surface area contributed by atoms with Gasteiger partial charge in [0.15, 0.2) is 18.1 Å². The van der Waals surface area contributed by atoms with Crippen molar-refractivity contribution in [3.8, 4) is 23.6 Å². The monoisotopic (exact) mass is 604 g/mol. The minimum absolute atomic E-state index is 0.140. The maximum absolute atomic E-state index is 13.0. The molecule has 2 amide bonds. The highest BCUT2D eigenvalue weighted by atomic mass is 79.9. The van der Waals surface area contributed by atoms with Gasteiger partial charge in [-0.3, -0.25) is 9.59 Å². The van der Waals surface area contributed by atoms with E-state index in [4.69, 9.17) is 9.47 Å². The summed E-state index contributed by atoms with van der Waals surface area (Å²) in [5, 5.41) is 25.4. The minimum atomic E-state index is -0.605. The Morgan fingerprint density at radius 3 is 2.54 bits per heavy atom. The van der Waals surface area contributed by atoms with E-state index in [1.54, 1.807) is 12.1 Å². The molecule has 1 heterocycles. The third kappa shape index (κ3) is 6.66. The van der Waals surface area contributed by atoms with E-state index in [1.807, 2.05) is 37.3 Å². The van der Waals surface area contributed by atoms with Crippen LogP contribution in [0.25, 0.3) is 6.08 Å². The number of hydrogen-bond acceptors (Lipinski definition) is 7. The summed E-state index contributed by atoms with van der Waals surface area (Å²) in [6.45, 7) is 1.72. The van der Waals surface area contributed by atoms with E-state index in [2.05, 4.69) is 32.6 Å². The number of ether oxygens (including phenoxy) is 2. The first kappa shape index (κ1) is 27.9. The van der Waals surface area contributed by atoms with Gasteiger partial charge in [0.25, 0.3) is 11.8 Å². The molecule has 0 radical (unpaired) electrons. The van der Waals surface area contributed by atoms with Crippen molar-refractivity contribution in [3.05, 3.63) is 73.6 Å². The van der Waals surface area contributed by atoms with Gasteiger partial charge in [0, 0.05) is 15.0 Å². The first-order chi connectivity index (χ1) is 18.8. The average Bonchev–Trinajstić information content (AvgIpc) is 3.29. The Bertz CT molecular complexity index is 1530. The van der Waals surface area contributed by atoms with Crippen LogP contribution < -0.4 is 20.1 Å². The summed E-state index contributed by atoms with van der Waals surface area (Å²) in [6.07, 6.45) is 5.21. The van der Waals surface area contributed by atoms with E-state index < -0.39 is 5.91 Å². The summed E-state index contributed by atoms with van der Waals surface area (Å²) in [7, 11) is 1.45. The number of nitriles is 2. The van der Waals surface area contributed by atoms with Crippen LogP contribution in [0.1, 0.15) is 40.0 Å². The Morgan fingerprint density at radius 2 is 1.85 bits per heavy atom. The number of nitrogens with one attached hydrogen (secondary N) is 2. The number of benzene rings is 2. The normalized spacial score (nSPS) is 12.5. The predicted molar refractivity (Wildman–Crippen MR) is 154 cm³/mol. The molecule has 10 heteroatoms. The van der Waals surface area contributed by atoms with Crippen LogP contribution in [0.2, 0.25) is 0 Å². The van der Waals surface area contributed by atoms with Gasteiger partial charge in [-0.2, -0.15) is 10.5 Å². The fourth-order valence-electron chi connectivity index (χ4n) is 4.16. The van der Waals surface area contributed by atoms with Crippen LogP contribution in [-0.4, -0.2) is 25.5 Å². The molecule has 0 saturated carbocycles. The number of nitrogens with zero attached hydrogens (tertiary/aromatic N) is 2. The molecular weight excluding hydrogens is 580 g/mol. The average molecular weight is 606 g/mol. The number of fused-ring (bicyclic) bond motifs is 1. The van der Waals surface area contributed by atoms with Crippen molar-refractivity contribution in [1.29, 1.82) is 10.5 Å². The van der Waals surface area contributed by atoms with Crippen molar-refractivity contribution in [2.24, 2.45) is 0 Å². The lowest BCUT2D eigenvalue weighted by Crippen LogP contribution is -2.20. The maximum atomic E-state index is 13.0. The molecule has 0 unspecified atom stereocenters. The number of rotatable bonds is 8. The summed E-state index contributed by atoms with van der Waals surface area (Å²) >= 11 is 4.85. The van der Waals surface area contributed by atoms with Gasteiger partial charge < -0.3 is 20.1 Å². The molecule has 0 atom stereocenters. The minimum Gasteiger partial charge on any atom is -0.493 e. The van der Waals surface area contributed by atoms with Crippen LogP contribution in [0.15, 0.2) is 46.4 Å². The van der Waals surface area contributed by atoms with Crippen molar-refractivity contribution >= 4 is 55.8 Å². The summed E-state index contributed by atoms with van der Waals surface area (Å²) in [4.78, 5) is 26.4. The molecule has 0 aliphatic heterocycles. The van der Waals surface area contributed by atoms with E-state index >= 15 is 0 Å². The van der Waals surface area contributed by atoms with Gasteiger partial charge in [-0.25, -0.2) is 0 Å². The van der Waals surface area contributed by atoms with Crippen molar-refractivity contribution in [1.82, 2.24) is 0 Å². The number of carbonyl (C=O) groups is 2. The lowest BCUT2D eigenvalue weighted by atomic mass is 9.96. The van der Waals surface area contributed by atoms with Gasteiger partial charge in [0.2, 0.25) is 0 Å². The number of thiophene rings is 1. The zero-order valence-electron chi connectivity index (χ0n) is 21.4. The van der Waals surface area contributed by atoms with Crippen molar-refractivity contribution in [3.63, 3.8) is 0 Å². The molecule has 0 spiro atoms. The smallest absolute Gasteiger partial charge is 0.266 e. The molecule has 8 nitrogen and oxygen atoms in total. The zero-order valence-corrected chi connectivity index (χ0v) is 23.8. The molecule has 0 saturated heterocycles. The molecule has 2 N–H and O–H groups in total. The lowest BCUT2D eigenvalue weighted by molar-refractivity contribution is -0.118. The number of amides is 2. The highest BCUT2D eigenvalue weighted by Crippen LogP contribution is 2.38. The molecule has 0 fully saturated rings. The molecule has 198 valence electrons. The standard InChI is InChI=1S/C29H25BrN4O4S/c1-17-7-9-20(10-8-17)33-27(35)16-38-25-13-23(30)18(12-24(25)37-2)11-19(14-31)28(36)34-29-22(15-32)21-5-3-4-6-26(21)39-29/h7-13H,3-6,16H2,1-2H3,(H,33,35)(H,34,36)/b19-11+. The molecule has 39 heavy (non-hydrogen) atoms. The summed E-state index contributed by atoms with van der Waals surface area (Å²) in [5.41, 5.74) is 3.59. The fourth-order valence-corrected chi connectivity index (χ4v) is 5.83. The third-order valence-corrected chi connectivity index (χ3v) is 8.05. The molecule has 1 aliphatic carbocycles. The molecule has 2 aromatic carbocycles. The van der Waals surface area contributed by atoms with Crippen LogP contribution in [-0.2, 0) is 22.4 Å². The van der Waals surface area contributed by atoms with Gasteiger partial charge in [-0.15, -0.1) is 11.3 Å². The van der Waals surface area contributed by atoms with Crippen LogP contribution in [0, 0.1) is 29.6 Å². The zero-order chi connectivity index (χ0) is 27.9. The van der Waals surface area contributed by atoms with E-state index in [-0.39, 0.29) is 18.1 Å². The van der Waals surface area contributed by atoms with E-state index in [0.29, 0.717) is 37.8 Å². The highest BCUT2D eigenvalue weighted by molar-refractivity contribution is 9.10. The van der Waals surface area contributed by atoms with Crippen LogP contribution >= 0.6 is 27.3 Å². The van der Waals surface area contributed by atoms with Crippen molar-refractivity contribution in [2.45, 2.75) is 32.6 Å². The summed E-state index contributed by atoms with van der Waals surface area (Å²) in [6, 6.07) is 14.8. The predicted octanol–water partition coefficient (Wildman–Crippen LogP) is 6.14. The molecule has 1 aromatic heterocycles. The van der Waals surface area contributed by atoms with Gasteiger partial charge in [-0.1, -0.05) is 33.6 Å². The number of halogens is 1. The Kier molecular flexibility index (Phi) is 9.03. The van der Waals surface area contributed by atoms with Crippen LogP contribution in [0.5, 0.6) is 11.5 Å². The Labute approximate surface area is 239 Å². The van der Waals surface area contributed by atoms with Gasteiger partial charge in [0.05, 0.1) is 12.7 Å². The lowest BCUT2D eigenvalue weighted by Gasteiger charge is -2.13. The molecular formula is C29H25BrN4O4S. The first-order valence-electron chi connectivity index (χ1n) is 12.2. The van der Waals surface area contributed by atoms with Crippen LogP contribution in [0.4, 0.5) is 10.7 Å². The number of carbonyl (C=O) groups excluding carboxylic acids is 2. The van der Waals surface area contributed by atoms with Crippen LogP contribution in [0.3, 0.4) is 0 Å². The fraction of sp³-hybridized carbons (Fsp3) is 0.241.